The average molecular weight is 281 g/mol. The molecule has 0 radical (unpaired) electrons. The molecule has 0 aliphatic heterocycles. The summed E-state index contributed by atoms with van der Waals surface area (Å²) in [6, 6.07) is 4.38. The number of carbonyl (C=O) groups excluding carboxylic acids is 1. The molecule has 1 aromatic rings. The molecule has 3 N–H and O–H groups in total. The standard InChI is InChI=1S/C13H19N3O4/c1-9-3-4-11(7-12(9)16(19)20)13(18)15-6-5-14-8-10(2)17/h3-4,7,10,14,17H,5-6,8H2,1-2H3,(H,15,18). The van der Waals surface area contributed by atoms with E-state index in [9.17, 15) is 14.9 Å². The molecule has 0 aliphatic rings. The van der Waals surface area contributed by atoms with Crippen LogP contribution in [0.3, 0.4) is 0 Å². The van der Waals surface area contributed by atoms with E-state index in [0.717, 1.165) is 0 Å². The summed E-state index contributed by atoms with van der Waals surface area (Å²) >= 11 is 0. The summed E-state index contributed by atoms with van der Waals surface area (Å²) in [5.74, 6) is -0.355. The second-order valence-corrected chi connectivity index (χ2v) is 4.57. The molecule has 0 aromatic heterocycles. The summed E-state index contributed by atoms with van der Waals surface area (Å²) in [5, 5.41) is 25.4. The predicted molar refractivity (Wildman–Crippen MR) is 74.7 cm³/mol. The van der Waals surface area contributed by atoms with Gasteiger partial charge in [0.15, 0.2) is 0 Å². The number of hydrogen-bond acceptors (Lipinski definition) is 5. The minimum absolute atomic E-state index is 0.0649. The topological polar surface area (TPSA) is 104 Å². The molecule has 0 heterocycles. The minimum Gasteiger partial charge on any atom is -0.392 e. The number of carbonyl (C=O) groups is 1. The van der Waals surface area contributed by atoms with E-state index in [1.165, 1.54) is 6.07 Å². The third-order valence-electron chi connectivity index (χ3n) is 2.70. The fourth-order valence-corrected chi connectivity index (χ4v) is 1.62. The average Bonchev–Trinajstić information content (AvgIpc) is 2.37. The van der Waals surface area contributed by atoms with Gasteiger partial charge in [-0.15, -0.1) is 0 Å². The molecule has 1 atom stereocenters. The molecule has 0 saturated carbocycles. The van der Waals surface area contributed by atoms with Gasteiger partial charge in [0.2, 0.25) is 0 Å². The molecular formula is C13H19N3O4. The van der Waals surface area contributed by atoms with Gasteiger partial charge in [0.05, 0.1) is 11.0 Å². The molecule has 0 fully saturated rings. The zero-order valence-electron chi connectivity index (χ0n) is 11.5. The van der Waals surface area contributed by atoms with E-state index in [2.05, 4.69) is 10.6 Å². The Morgan fingerprint density at radius 2 is 2.15 bits per heavy atom. The van der Waals surface area contributed by atoms with Gasteiger partial charge in [-0.05, 0) is 19.9 Å². The third-order valence-corrected chi connectivity index (χ3v) is 2.70. The summed E-state index contributed by atoms with van der Waals surface area (Å²) < 4.78 is 0. The van der Waals surface area contributed by atoms with Gasteiger partial charge in [-0.3, -0.25) is 14.9 Å². The number of hydrogen-bond donors (Lipinski definition) is 3. The Morgan fingerprint density at radius 3 is 2.75 bits per heavy atom. The Balaban J connectivity index is 2.51. The van der Waals surface area contributed by atoms with Crippen molar-refractivity contribution < 1.29 is 14.8 Å². The largest absolute Gasteiger partial charge is 0.392 e. The molecule has 7 heteroatoms. The molecule has 1 rings (SSSR count). The number of amides is 1. The highest BCUT2D eigenvalue weighted by atomic mass is 16.6. The monoisotopic (exact) mass is 281 g/mol. The van der Waals surface area contributed by atoms with Crippen LogP contribution in [-0.2, 0) is 0 Å². The molecule has 1 unspecified atom stereocenters. The summed E-state index contributed by atoms with van der Waals surface area (Å²) in [7, 11) is 0. The van der Waals surface area contributed by atoms with E-state index < -0.39 is 11.0 Å². The summed E-state index contributed by atoms with van der Waals surface area (Å²) in [6.07, 6.45) is -0.439. The van der Waals surface area contributed by atoms with Crippen molar-refractivity contribution in [1.82, 2.24) is 10.6 Å². The second kappa shape index (κ2) is 7.56. The van der Waals surface area contributed by atoms with Gasteiger partial charge in [-0.1, -0.05) is 6.07 Å². The van der Waals surface area contributed by atoms with Gasteiger partial charge in [-0.25, -0.2) is 0 Å². The van der Waals surface area contributed by atoms with Gasteiger partial charge in [-0.2, -0.15) is 0 Å². The fourth-order valence-electron chi connectivity index (χ4n) is 1.62. The van der Waals surface area contributed by atoms with Crippen molar-refractivity contribution in [3.63, 3.8) is 0 Å². The minimum atomic E-state index is -0.504. The number of aliphatic hydroxyl groups is 1. The van der Waals surface area contributed by atoms with Crippen LogP contribution in [0.5, 0.6) is 0 Å². The van der Waals surface area contributed by atoms with Crippen LogP contribution in [0.2, 0.25) is 0 Å². The van der Waals surface area contributed by atoms with Crippen LogP contribution in [0.4, 0.5) is 5.69 Å². The lowest BCUT2D eigenvalue weighted by atomic mass is 10.1. The van der Waals surface area contributed by atoms with Crippen LogP contribution in [0, 0.1) is 17.0 Å². The number of nitro benzene ring substituents is 1. The van der Waals surface area contributed by atoms with E-state index >= 15 is 0 Å². The van der Waals surface area contributed by atoms with Crippen molar-refractivity contribution in [3.05, 3.63) is 39.4 Å². The smallest absolute Gasteiger partial charge is 0.273 e. The van der Waals surface area contributed by atoms with E-state index in [4.69, 9.17) is 5.11 Å². The van der Waals surface area contributed by atoms with Crippen LogP contribution in [0.1, 0.15) is 22.8 Å². The fraction of sp³-hybridized carbons (Fsp3) is 0.462. The number of nitrogens with one attached hydrogen (secondary N) is 2. The lowest BCUT2D eigenvalue weighted by Gasteiger charge is -2.08. The lowest BCUT2D eigenvalue weighted by molar-refractivity contribution is -0.385. The molecule has 0 saturated heterocycles. The van der Waals surface area contributed by atoms with Crippen molar-refractivity contribution in [2.75, 3.05) is 19.6 Å². The van der Waals surface area contributed by atoms with Gasteiger partial charge in [0.1, 0.15) is 0 Å². The number of rotatable bonds is 7. The maximum atomic E-state index is 11.8. The summed E-state index contributed by atoms with van der Waals surface area (Å²) in [5.41, 5.74) is 0.716. The first-order valence-corrected chi connectivity index (χ1v) is 6.34. The number of aliphatic hydroxyl groups excluding tert-OH is 1. The van der Waals surface area contributed by atoms with E-state index in [-0.39, 0.29) is 17.2 Å². The number of aryl methyl sites for hydroxylation is 1. The summed E-state index contributed by atoms with van der Waals surface area (Å²) in [6.45, 7) is 4.64. The van der Waals surface area contributed by atoms with Crippen molar-refractivity contribution in [1.29, 1.82) is 0 Å². The third kappa shape index (κ3) is 4.94. The van der Waals surface area contributed by atoms with Crippen molar-refractivity contribution in [2.24, 2.45) is 0 Å². The number of nitrogens with zero attached hydrogens (tertiary/aromatic N) is 1. The Hall–Kier alpha value is -1.99. The molecule has 20 heavy (non-hydrogen) atoms. The molecule has 110 valence electrons. The van der Waals surface area contributed by atoms with Gasteiger partial charge < -0.3 is 15.7 Å². The van der Waals surface area contributed by atoms with Gasteiger partial charge >= 0.3 is 0 Å². The zero-order chi connectivity index (χ0) is 15.1. The first-order chi connectivity index (χ1) is 9.41. The Bertz CT molecular complexity index is 489. The number of nitro groups is 1. The Morgan fingerprint density at radius 1 is 1.45 bits per heavy atom. The van der Waals surface area contributed by atoms with Crippen LogP contribution in [-0.4, -0.2) is 41.7 Å². The maximum absolute atomic E-state index is 11.8. The highest BCUT2D eigenvalue weighted by Gasteiger charge is 2.14. The van der Waals surface area contributed by atoms with Gasteiger partial charge in [0.25, 0.3) is 11.6 Å². The first-order valence-electron chi connectivity index (χ1n) is 6.34. The molecule has 0 spiro atoms. The van der Waals surface area contributed by atoms with Crippen LogP contribution in [0.15, 0.2) is 18.2 Å². The van der Waals surface area contributed by atoms with Crippen LogP contribution in [0.25, 0.3) is 0 Å². The quantitative estimate of drug-likeness (QED) is 0.386. The Kier molecular flexibility index (Phi) is 6.08. The SMILES string of the molecule is Cc1ccc(C(=O)NCCNCC(C)O)cc1[N+](=O)[O-]. The molecular weight excluding hydrogens is 262 g/mol. The van der Waals surface area contributed by atoms with Crippen molar-refractivity contribution in [3.8, 4) is 0 Å². The molecule has 0 aliphatic carbocycles. The highest BCUT2D eigenvalue weighted by Crippen LogP contribution is 2.18. The van der Waals surface area contributed by atoms with Crippen molar-refractivity contribution >= 4 is 11.6 Å². The van der Waals surface area contributed by atoms with E-state index in [1.54, 1.807) is 26.0 Å². The summed E-state index contributed by atoms with van der Waals surface area (Å²) in [4.78, 5) is 22.1. The molecule has 0 bridgehead atoms. The van der Waals surface area contributed by atoms with Crippen LogP contribution >= 0.6 is 0 Å². The van der Waals surface area contributed by atoms with Crippen LogP contribution < -0.4 is 10.6 Å². The normalized spacial score (nSPS) is 11.9. The second-order valence-electron chi connectivity index (χ2n) is 4.57. The highest BCUT2D eigenvalue weighted by molar-refractivity contribution is 5.94. The molecule has 1 aromatic carbocycles. The number of benzene rings is 1. The molecule has 7 nitrogen and oxygen atoms in total. The van der Waals surface area contributed by atoms with E-state index in [1.807, 2.05) is 0 Å². The molecule has 1 amide bonds. The van der Waals surface area contributed by atoms with E-state index in [0.29, 0.717) is 25.2 Å². The van der Waals surface area contributed by atoms with Gasteiger partial charge in [0, 0.05) is 36.8 Å². The first kappa shape index (κ1) is 16.1. The van der Waals surface area contributed by atoms with Crippen molar-refractivity contribution in [2.45, 2.75) is 20.0 Å². The predicted octanol–water partition coefficient (Wildman–Crippen LogP) is 0.603. The maximum Gasteiger partial charge on any atom is 0.273 e. The zero-order valence-corrected chi connectivity index (χ0v) is 11.5. The Labute approximate surface area is 117 Å². The lowest BCUT2D eigenvalue weighted by Crippen LogP contribution is -2.34.